The number of amides is 1. The number of thioether (sulfide) groups is 2. The third kappa shape index (κ3) is 5.25. The molecule has 1 amide bonds. The van der Waals surface area contributed by atoms with Gasteiger partial charge in [-0.25, -0.2) is 4.99 Å². The number of hydrogen-bond donors (Lipinski definition) is 0. The van der Waals surface area contributed by atoms with Crippen LogP contribution in [0.1, 0.15) is 25.0 Å². The highest BCUT2D eigenvalue weighted by Crippen LogP contribution is 2.49. The minimum absolute atomic E-state index is 0.000441. The SMILES string of the molecule is CCN1C(=O)/C(=C\C=C2/Sc3c(ccc4ccccc34)N2CC)SC1=Nc1ccc(/C=C/c2ccccc2)cc1. The van der Waals surface area contributed by atoms with E-state index in [4.69, 9.17) is 4.99 Å². The number of aliphatic imine (C=N–C) groups is 1. The molecule has 6 rings (SSSR count). The Hall–Kier alpha value is -4.00. The molecule has 0 N–H and O–H groups in total. The molecule has 0 atom stereocenters. The molecule has 0 aromatic heterocycles. The van der Waals surface area contributed by atoms with Crippen LogP contribution >= 0.6 is 23.5 Å². The van der Waals surface area contributed by atoms with E-state index in [1.165, 1.54) is 33.1 Å². The highest BCUT2D eigenvalue weighted by Gasteiger charge is 2.32. The average Bonchev–Trinajstić information content (AvgIpc) is 3.52. The lowest BCUT2D eigenvalue weighted by Crippen LogP contribution is -2.28. The Bertz CT molecular complexity index is 1690. The Balaban J connectivity index is 1.22. The van der Waals surface area contributed by atoms with Crippen molar-refractivity contribution in [3.63, 3.8) is 0 Å². The number of nitrogens with zero attached hydrogens (tertiary/aromatic N) is 3. The van der Waals surface area contributed by atoms with Gasteiger partial charge in [-0.1, -0.05) is 96.7 Å². The van der Waals surface area contributed by atoms with E-state index >= 15 is 0 Å². The summed E-state index contributed by atoms with van der Waals surface area (Å²) in [5.74, 6) is -0.000441. The van der Waals surface area contributed by atoms with Crippen molar-refractivity contribution in [2.24, 2.45) is 4.99 Å². The molecule has 6 heteroatoms. The molecular formula is C34H29N3OS2. The monoisotopic (exact) mass is 559 g/mol. The smallest absolute Gasteiger partial charge is 0.266 e. The third-order valence-electron chi connectivity index (χ3n) is 6.91. The predicted molar refractivity (Wildman–Crippen MR) is 173 cm³/mol. The zero-order valence-electron chi connectivity index (χ0n) is 22.5. The lowest BCUT2D eigenvalue weighted by molar-refractivity contribution is -0.122. The topological polar surface area (TPSA) is 35.9 Å². The van der Waals surface area contributed by atoms with Gasteiger partial charge in [0.15, 0.2) is 5.17 Å². The van der Waals surface area contributed by atoms with Crippen molar-refractivity contribution in [3.05, 3.63) is 124 Å². The normalized spacial score (nSPS) is 18.2. The first-order valence-corrected chi connectivity index (χ1v) is 15.1. The van der Waals surface area contributed by atoms with Gasteiger partial charge in [0.2, 0.25) is 0 Å². The number of fused-ring (bicyclic) bond motifs is 3. The number of likely N-dealkylation sites (N-methyl/N-ethyl adjacent to an activating group) is 1. The molecule has 1 fully saturated rings. The third-order valence-corrected chi connectivity index (χ3v) is 9.13. The second-order valence-corrected chi connectivity index (χ2v) is 11.4. The largest absolute Gasteiger partial charge is 0.335 e. The maximum Gasteiger partial charge on any atom is 0.266 e. The van der Waals surface area contributed by atoms with Crippen LogP contribution < -0.4 is 4.90 Å². The first-order valence-electron chi connectivity index (χ1n) is 13.5. The fourth-order valence-electron chi connectivity index (χ4n) is 4.84. The van der Waals surface area contributed by atoms with Gasteiger partial charge in [0, 0.05) is 18.0 Å². The molecule has 4 aromatic rings. The number of carbonyl (C=O) groups excluding carboxylic acids is 1. The van der Waals surface area contributed by atoms with Crippen molar-refractivity contribution >= 4 is 68.9 Å². The van der Waals surface area contributed by atoms with Gasteiger partial charge in [-0.15, -0.1) is 0 Å². The van der Waals surface area contributed by atoms with Gasteiger partial charge in [-0.05, 0) is 77.9 Å². The molecule has 0 radical (unpaired) electrons. The number of hydrogen-bond acceptors (Lipinski definition) is 5. The van der Waals surface area contributed by atoms with Gasteiger partial charge < -0.3 is 4.90 Å². The van der Waals surface area contributed by atoms with E-state index < -0.39 is 0 Å². The minimum atomic E-state index is -0.000441. The van der Waals surface area contributed by atoms with Crippen LogP contribution in [0.2, 0.25) is 0 Å². The zero-order valence-corrected chi connectivity index (χ0v) is 24.1. The molecule has 198 valence electrons. The summed E-state index contributed by atoms with van der Waals surface area (Å²) in [6.07, 6.45) is 8.22. The lowest BCUT2D eigenvalue weighted by atomic mass is 10.1. The second kappa shape index (κ2) is 11.6. The highest BCUT2D eigenvalue weighted by atomic mass is 32.2. The van der Waals surface area contributed by atoms with Crippen molar-refractivity contribution < 1.29 is 4.79 Å². The van der Waals surface area contributed by atoms with Gasteiger partial charge in [0.1, 0.15) is 0 Å². The van der Waals surface area contributed by atoms with Gasteiger partial charge in [0.25, 0.3) is 5.91 Å². The molecule has 2 aliphatic rings. The van der Waals surface area contributed by atoms with Crippen LogP contribution in [-0.2, 0) is 4.79 Å². The molecule has 2 heterocycles. The zero-order chi connectivity index (χ0) is 27.5. The summed E-state index contributed by atoms with van der Waals surface area (Å²) in [6, 6.07) is 31.2. The summed E-state index contributed by atoms with van der Waals surface area (Å²) in [6.45, 7) is 5.58. The fraction of sp³-hybridized carbons (Fsp3) is 0.118. The molecule has 0 aliphatic carbocycles. The summed E-state index contributed by atoms with van der Waals surface area (Å²) < 4.78 is 0. The lowest BCUT2D eigenvalue weighted by Gasteiger charge is -2.17. The van der Waals surface area contributed by atoms with E-state index in [1.807, 2.05) is 43.3 Å². The molecule has 40 heavy (non-hydrogen) atoms. The Morgan fingerprint density at radius 3 is 2.17 bits per heavy atom. The summed E-state index contributed by atoms with van der Waals surface area (Å²) >= 11 is 3.21. The molecule has 0 spiro atoms. The molecule has 2 aliphatic heterocycles. The van der Waals surface area contributed by atoms with Crippen molar-refractivity contribution in [3.8, 4) is 0 Å². The van der Waals surface area contributed by atoms with E-state index in [1.54, 1.807) is 16.7 Å². The summed E-state index contributed by atoms with van der Waals surface area (Å²) in [7, 11) is 0. The van der Waals surface area contributed by atoms with Crippen LogP contribution in [0.25, 0.3) is 22.9 Å². The number of carbonyl (C=O) groups is 1. The molecule has 0 unspecified atom stereocenters. The van der Waals surface area contributed by atoms with Crippen LogP contribution in [0.5, 0.6) is 0 Å². The molecule has 4 nitrogen and oxygen atoms in total. The van der Waals surface area contributed by atoms with Gasteiger partial charge in [-0.2, -0.15) is 0 Å². The van der Waals surface area contributed by atoms with Crippen molar-refractivity contribution in [2.75, 3.05) is 18.0 Å². The quantitative estimate of drug-likeness (QED) is 0.174. The Kier molecular flexibility index (Phi) is 7.62. The average molecular weight is 560 g/mol. The maximum absolute atomic E-state index is 13.3. The molecule has 1 saturated heterocycles. The van der Waals surface area contributed by atoms with Gasteiger partial charge in [-0.3, -0.25) is 9.69 Å². The summed E-state index contributed by atoms with van der Waals surface area (Å²) in [5, 5.41) is 4.34. The number of anilines is 1. The van der Waals surface area contributed by atoms with Crippen LogP contribution in [0.15, 0.2) is 123 Å². The van der Waals surface area contributed by atoms with E-state index in [0.717, 1.165) is 28.4 Å². The first-order chi connectivity index (χ1) is 19.6. The highest BCUT2D eigenvalue weighted by molar-refractivity contribution is 8.18. The van der Waals surface area contributed by atoms with Crippen LogP contribution in [0.3, 0.4) is 0 Å². The fourth-order valence-corrected chi connectivity index (χ4v) is 7.10. The van der Waals surface area contributed by atoms with Crippen molar-refractivity contribution in [1.82, 2.24) is 4.90 Å². The second-order valence-electron chi connectivity index (χ2n) is 9.40. The molecule has 0 saturated carbocycles. The Labute approximate surface area is 243 Å². The first kappa shape index (κ1) is 26.2. The standard InChI is InChI=1S/C34H29N3OS2/c1-3-36-29-21-18-26-12-8-9-13-28(26)32(29)40-31(36)23-22-30-33(38)37(4-2)34(39-30)35-27-19-16-25(17-20-27)15-14-24-10-6-5-7-11-24/h5-23H,3-4H2,1-2H3/b15-14+,30-22+,31-23-,35-34?. The minimum Gasteiger partial charge on any atom is -0.335 e. The maximum atomic E-state index is 13.3. The predicted octanol–water partition coefficient (Wildman–Crippen LogP) is 8.95. The summed E-state index contributed by atoms with van der Waals surface area (Å²) in [5.41, 5.74) is 4.32. The number of benzene rings is 4. The number of allylic oxidation sites excluding steroid dienone is 2. The van der Waals surface area contributed by atoms with Crippen LogP contribution in [0, 0.1) is 0 Å². The van der Waals surface area contributed by atoms with Crippen molar-refractivity contribution in [1.29, 1.82) is 0 Å². The van der Waals surface area contributed by atoms with Gasteiger partial charge >= 0.3 is 0 Å². The van der Waals surface area contributed by atoms with E-state index in [2.05, 4.69) is 90.7 Å². The Morgan fingerprint density at radius 1 is 0.725 bits per heavy atom. The number of amidine groups is 1. The number of rotatable bonds is 6. The van der Waals surface area contributed by atoms with E-state index in [0.29, 0.717) is 16.6 Å². The Morgan fingerprint density at radius 2 is 1.43 bits per heavy atom. The summed E-state index contributed by atoms with van der Waals surface area (Å²) in [4.78, 5) is 24.1. The van der Waals surface area contributed by atoms with E-state index in [-0.39, 0.29) is 5.91 Å². The van der Waals surface area contributed by atoms with Gasteiger partial charge in [0.05, 0.1) is 21.3 Å². The molecule has 0 bridgehead atoms. The van der Waals surface area contributed by atoms with Crippen LogP contribution in [-0.4, -0.2) is 29.1 Å². The molecule has 4 aromatic carbocycles. The van der Waals surface area contributed by atoms with Crippen LogP contribution in [0.4, 0.5) is 11.4 Å². The molecular weight excluding hydrogens is 531 g/mol. The van der Waals surface area contributed by atoms with Crippen molar-refractivity contribution in [2.45, 2.75) is 18.7 Å². The van der Waals surface area contributed by atoms with E-state index in [9.17, 15) is 4.79 Å².